The maximum Gasteiger partial charge on any atom is 0.435 e. The molecule has 0 radical (unpaired) electrons. The number of carbonyl (C=O) groups excluding carboxylic acids is 1. The van der Waals surface area contributed by atoms with Gasteiger partial charge in [-0.15, -0.1) is 0 Å². The van der Waals surface area contributed by atoms with E-state index in [1.165, 1.54) is 4.68 Å². The SMILES string of the molecule is CCC(C(=O)Nc1c(C)nn(COC)c1C)n1nc(C(F)(F)F)c2c1CCC2. The van der Waals surface area contributed by atoms with Crippen LogP contribution in [0.5, 0.6) is 0 Å². The zero-order chi connectivity index (χ0) is 20.6. The van der Waals surface area contributed by atoms with E-state index < -0.39 is 23.8 Å². The van der Waals surface area contributed by atoms with E-state index in [1.54, 1.807) is 32.6 Å². The quantitative estimate of drug-likeness (QED) is 0.808. The van der Waals surface area contributed by atoms with Crippen LogP contribution in [0.15, 0.2) is 0 Å². The van der Waals surface area contributed by atoms with Gasteiger partial charge in [0.25, 0.3) is 0 Å². The molecule has 1 N–H and O–H groups in total. The Hall–Kier alpha value is -2.36. The van der Waals surface area contributed by atoms with Crippen LogP contribution in [0.3, 0.4) is 0 Å². The summed E-state index contributed by atoms with van der Waals surface area (Å²) in [7, 11) is 1.54. The highest BCUT2D eigenvalue weighted by atomic mass is 19.4. The average molecular weight is 399 g/mol. The Morgan fingerprint density at radius 1 is 1.29 bits per heavy atom. The van der Waals surface area contributed by atoms with Gasteiger partial charge in [0.2, 0.25) is 5.91 Å². The third-order valence-corrected chi connectivity index (χ3v) is 5.09. The van der Waals surface area contributed by atoms with Gasteiger partial charge in [-0.05, 0) is 39.5 Å². The lowest BCUT2D eigenvalue weighted by molar-refractivity contribution is -0.142. The van der Waals surface area contributed by atoms with Gasteiger partial charge in [0.1, 0.15) is 12.8 Å². The molecule has 2 aromatic rings. The number of aryl methyl sites for hydroxylation is 1. The number of nitrogens with one attached hydrogen (secondary N) is 1. The molecule has 0 aromatic carbocycles. The van der Waals surface area contributed by atoms with E-state index >= 15 is 0 Å². The monoisotopic (exact) mass is 399 g/mol. The van der Waals surface area contributed by atoms with Crippen LogP contribution in [0.4, 0.5) is 18.9 Å². The summed E-state index contributed by atoms with van der Waals surface area (Å²) in [6.07, 6.45) is -2.74. The summed E-state index contributed by atoms with van der Waals surface area (Å²) in [5, 5.41) is 10.9. The number of hydrogen-bond donors (Lipinski definition) is 1. The van der Waals surface area contributed by atoms with E-state index in [2.05, 4.69) is 15.5 Å². The number of halogens is 3. The number of alkyl halides is 3. The van der Waals surface area contributed by atoms with Crippen molar-refractivity contribution < 1.29 is 22.7 Å². The molecule has 154 valence electrons. The molecule has 28 heavy (non-hydrogen) atoms. The van der Waals surface area contributed by atoms with Gasteiger partial charge in [-0.25, -0.2) is 4.68 Å². The van der Waals surface area contributed by atoms with Crippen molar-refractivity contribution in [3.63, 3.8) is 0 Å². The first-order chi connectivity index (χ1) is 13.2. The number of anilines is 1. The van der Waals surface area contributed by atoms with Gasteiger partial charge < -0.3 is 10.1 Å². The van der Waals surface area contributed by atoms with Crippen molar-refractivity contribution >= 4 is 11.6 Å². The maximum absolute atomic E-state index is 13.4. The molecule has 1 aliphatic carbocycles. The lowest BCUT2D eigenvalue weighted by Gasteiger charge is -2.18. The summed E-state index contributed by atoms with van der Waals surface area (Å²) >= 11 is 0. The van der Waals surface area contributed by atoms with Crippen molar-refractivity contribution in [2.75, 3.05) is 12.4 Å². The summed E-state index contributed by atoms with van der Waals surface area (Å²) in [5.41, 5.74) is 1.73. The number of hydrogen-bond acceptors (Lipinski definition) is 4. The summed E-state index contributed by atoms with van der Waals surface area (Å²) in [5.74, 6) is -0.406. The Kier molecular flexibility index (Phi) is 5.51. The number of aromatic nitrogens is 4. The smallest absolute Gasteiger partial charge is 0.362 e. The first kappa shape index (κ1) is 20.4. The van der Waals surface area contributed by atoms with Crippen molar-refractivity contribution in [3.05, 3.63) is 28.3 Å². The average Bonchev–Trinajstić information content (AvgIpc) is 3.27. The van der Waals surface area contributed by atoms with Gasteiger partial charge in [0.15, 0.2) is 5.69 Å². The molecule has 1 aliphatic rings. The van der Waals surface area contributed by atoms with Crippen molar-refractivity contribution in [1.82, 2.24) is 19.6 Å². The minimum absolute atomic E-state index is 0.221. The molecule has 0 bridgehead atoms. The molecule has 1 atom stereocenters. The number of carbonyl (C=O) groups is 1. The molecule has 7 nitrogen and oxygen atoms in total. The predicted octanol–water partition coefficient (Wildman–Crippen LogP) is 3.40. The van der Waals surface area contributed by atoms with Crippen LogP contribution in [-0.4, -0.2) is 32.6 Å². The molecule has 2 heterocycles. The number of amides is 1. The molecule has 0 saturated carbocycles. The predicted molar refractivity (Wildman–Crippen MR) is 95.9 cm³/mol. The minimum atomic E-state index is -4.52. The fourth-order valence-electron chi connectivity index (χ4n) is 3.75. The van der Waals surface area contributed by atoms with Crippen LogP contribution in [0, 0.1) is 13.8 Å². The van der Waals surface area contributed by atoms with E-state index in [0.717, 1.165) is 0 Å². The van der Waals surface area contributed by atoms with E-state index in [9.17, 15) is 18.0 Å². The highest BCUT2D eigenvalue weighted by Gasteiger charge is 2.41. The highest BCUT2D eigenvalue weighted by Crippen LogP contribution is 2.38. The van der Waals surface area contributed by atoms with Crippen molar-refractivity contribution in [2.24, 2.45) is 0 Å². The molecule has 3 rings (SSSR count). The van der Waals surface area contributed by atoms with Gasteiger partial charge in [-0.2, -0.15) is 23.4 Å². The molecular weight excluding hydrogens is 375 g/mol. The topological polar surface area (TPSA) is 74.0 Å². The van der Waals surface area contributed by atoms with Crippen LogP contribution in [0.2, 0.25) is 0 Å². The largest absolute Gasteiger partial charge is 0.435 e. The van der Waals surface area contributed by atoms with Gasteiger partial charge in [-0.1, -0.05) is 6.92 Å². The Balaban J connectivity index is 1.92. The standard InChI is InChI=1S/C18H24F3N5O2/c1-5-13(17(27)22-15-10(2)23-25(9-28-4)11(15)3)26-14-8-6-7-12(14)16(24-26)18(19,20)21/h13H,5-9H2,1-4H3,(H,22,27). The normalized spacial score (nSPS) is 15.0. The maximum atomic E-state index is 13.4. The molecule has 0 fully saturated rings. The molecule has 0 spiro atoms. The molecule has 0 aliphatic heterocycles. The lowest BCUT2D eigenvalue weighted by atomic mass is 10.1. The van der Waals surface area contributed by atoms with Crippen molar-refractivity contribution in [1.29, 1.82) is 0 Å². The first-order valence-electron chi connectivity index (χ1n) is 9.20. The fourth-order valence-corrected chi connectivity index (χ4v) is 3.75. The second-order valence-corrected chi connectivity index (χ2v) is 6.95. The molecule has 1 unspecified atom stereocenters. The molecule has 10 heteroatoms. The zero-order valence-electron chi connectivity index (χ0n) is 16.4. The first-order valence-corrected chi connectivity index (χ1v) is 9.20. The van der Waals surface area contributed by atoms with Crippen LogP contribution < -0.4 is 5.32 Å². The van der Waals surface area contributed by atoms with Crippen molar-refractivity contribution in [2.45, 2.75) is 65.4 Å². The second-order valence-electron chi connectivity index (χ2n) is 6.95. The molecule has 2 aromatic heterocycles. The lowest BCUT2D eigenvalue weighted by Crippen LogP contribution is -2.28. The number of nitrogens with zero attached hydrogens (tertiary/aromatic N) is 4. The van der Waals surface area contributed by atoms with Crippen LogP contribution in [-0.2, 0) is 35.3 Å². The fraction of sp³-hybridized carbons (Fsp3) is 0.611. The Morgan fingerprint density at radius 2 is 2.00 bits per heavy atom. The third kappa shape index (κ3) is 3.52. The summed E-state index contributed by atoms with van der Waals surface area (Å²) in [6, 6.07) is -0.826. The van der Waals surface area contributed by atoms with Gasteiger partial charge in [-0.3, -0.25) is 9.48 Å². The van der Waals surface area contributed by atoms with E-state index in [-0.39, 0.29) is 12.3 Å². The van der Waals surface area contributed by atoms with E-state index in [0.29, 0.717) is 48.5 Å². The van der Waals surface area contributed by atoms with Gasteiger partial charge >= 0.3 is 6.18 Å². The van der Waals surface area contributed by atoms with Gasteiger partial charge in [0.05, 0.1) is 17.1 Å². The van der Waals surface area contributed by atoms with Crippen LogP contribution in [0.25, 0.3) is 0 Å². The minimum Gasteiger partial charge on any atom is -0.362 e. The van der Waals surface area contributed by atoms with Gasteiger partial charge in [0, 0.05) is 18.4 Å². The summed E-state index contributed by atoms with van der Waals surface area (Å²) < 4.78 is 48.0. The van der Waals surface area contributed by atoms with Crippen LogP contribution in [0.1, 0.15) is 54.1 Å². The second kappa shape index (κ2) is 7.57. The molecular formula is C18H24F3N5O2. The van der Waals surface area contributed by atoms with E-state index in [4.69, 9.17) is 4.74 Å². The Morgan fingerprint density at radius 3 is 2.61 bits per heavy atom. The Labute approximate surface area is 160 Å². The van der Waals surface area contributed by atoms with Crippen molar-refractivity contribution in [3.8, 4) is 0 Å². The highest BCUT2D eigenvalue weighted by molar-refractivity contribution is 5.94. The zero-order valence-corrected chi connectivity index (χ0v) is 16.4. The summed E-state index contributed by atoms with van der Waals surface area (Å²) in [6.45, 7) is 5.54. The van der Waals surface area contributed by atoms with E-state index in [1.807, 2.05) is 0 Å². The molecule has 1 amide bonds. The number of rotatable bonds is 6. The van der Waals surface area contributed by atoms with Crippen LogP contribution >= 0.6 is 0 Å². The summed E-state index contributed by atoms with van der Waals surface area (Å²) in [4.78, 5) is 13.0. The number of ether oxygens (including phenoxy) is 1. The Bertz CT molecular complexity index is 885. The number of fused-ring (bicyclic) bond motifs is 1. The molecule has 0 saturated heterocycles. The number of methoxy groups -OCH3 is 1. The third-order valence-electron chi connectivity index (χ3n) is 5.09.